The van der Waals surface area contributed by atoms with Gasteiger partial charge in [-0.25, -0.2) is 0 Å². The van der Waals surface area contributed by atoms with E-state index in [1.54, 1.807) is 0 Å². The molecule has 2 saturated heterocycles. The third-order valence-electron chi connectivity index (χ3n) is 3.19. The lowest BCUT2D eigenvalue weighted by Gasteiger charge is -2.32. The Balaban J connectivity index is 2.17. The Morgan fingerprint density at radius 1 is 1.50 bits per heavy atom. The van der Waals surface area contributed by atoms with Crippen molar-refractivity contribution in [3.05, 3.63) is 0 Å². The lowest BCUT2D eigenvalue weighted by molar-refractivity contribution is -0.137. The first kappa shape index (κ1) is 9.61. The van der Waals surface area contributed by atoms with Gasteiger partial charge in [-0.15, -0.1) is 0 Å². The summed E-state index contributed by atoms with van der Waals surface area (Å²) in [6.45, 7) is 3.00. The van der Waals surface area contributed by atoms with Crippen LogP contribution in [0.3, 0.4) is 0 Å². The van der Waals surface area contributed by atoms with Gasteiger partial charge in [-0.1, -0.05) is 0 Å². The van der Waals surface area contributed by atoms with E-state index in [1.807, 2.05) is 7.05 Å². The molecule has 2 aliphatic rings. The van der Waals surface area contributed by atoms with Gasteiger partial charge in [0.15, 0.2) is 0 Å². The molecule has 5 nitrogen and oxygen atoms in total. The summed E-state index contributed by atoms with van der Waals surface area (Å²) in [6.07, 6.45) is 0.766. The van der Waals surface area contributed by atoms with E-state index in [-0.39, 0.29) is 18.4 Å². The van der Waals surface area contributed by atoms with Gasteiger partial charge in [0.25, 0.3) is 0 Å². The third kappa shape index (κ3) is 1.33. The number of carbonyl (C=O) groups excluding carboxylic acids is 2. The molecule has 0 aromatic carbocycles. The van der Waals surface area contributed by atoms with E-state index in [2.05, 4.69) is 22.5 Å². The Morgan fingerprint density at radius 3 is 2.71 bits per heavy atom. The van der Waals surface area contributed by atoms with Crippen LogP contribution in [0.5, 0.6) is 0 Å². The maximum Gasteiger partial charge on any atom is 0.248 e. The molecular formula is C9H15N3O2. The SMILES string of the molecule is CC1CC2(CN1C)NCC(=O)NC2=O. The van der Waals surface area contributed by atoms with Crippen LogP contribution in [0, 0.1) is 0 Å². The van der Waals surface area contributed by atoms with E-state index in [4.69, 9.17) is 0 Å². The number of nitrogens with one attached hydrogen (secondary N) is 2. The van der Waals surface area contributed by atoms with Gasteiger partial charge < -0.3 is 4.90 Å². The minimum Gasteiger partial charge on any atom is -0.301 e. The van der Waals surface area contributed by atoms with Crippen LogP contribution >= 0.6 is 0 Å². The Bertz CT molecular complexity index is 280. The molecule has 14 heavy (non-hydrogen) atoms. The summed E-state index contributed by atoms with van der Waals surface area (Å²) in [7, 11) is 1.99. The fourth-order valence-corrected chi connectivity index (χ4v) is 2.22. The van der Waals surface area contributed by atoms with Crippen molar-refractivity contribution in [3.8, 4) is 0 Å². The number of likely N-dealkylation sites (N-methyl/N-ethyl adjacent to an activating group) is 1. The van der Waals surface area contributed by atoms with Crippen molar-refractivity contribution >= 4 is 11.8 Å². The fraction of sp³-hybridized carbons (Fsp3) is 0.778. The van der Waals surface area contributed by atoms with Crippen LogP contribution < -0.4 is 10.6 Å². The Morgan fingerprint density at radius 2 is 2.21 bits per heavy atom. The molecule has 0 radical (unpaired) electrons. The predicted molar refractivity (Wildman–Crippen MR) is 50.6 cm³/mol. The minimum atomic E-state index is -0.540. The number of hydrogen-bond donors (Lipinski definition) is 2. The maximum atomic E-state index is 11.7. The molecule has 2 atom stereocenters. The average Bonchev–Trinajstić information content (AvgIpc) is 2.39. The molecule has 78 valence electrons. The van der Waals surface area contributed by atoms with Crippen molar-refractivity contribution < 1.29 is 9.59 Å². The van der Waals surface area contributed by atoms with Crippen molar-refractivity contribution in [2.45, 2.75) is 24.9 Å². The largest absolute Gasteiger partial charge is 0.301 e. The van der Waals surface area contributed by atoms with E-state index < -0.39 is 5.54 Å². The number of rotatable bonds is 0. The van der Waals surface area contributed by atoms with Gasteiger partial charge in [0.1, 0.15) is 5.54 Å². The second-order valence-electron chi connectivity index (χ2n) is 4.28. The van der Waals surface area contributed by atoms with Crippen LogP contribution in [0.25, 0.3) is 0 Å². The Kier molecular flexibility index (Phi) is 2.08. The second-order valence-corrected chi connectivity index (χ2v) is 4.28. The van der Waals surface area contributed by atoms with E-state index >= 15 is 0 Å². The highest BCUT2D eigenvalue weighted by atomic mass is 16.2. The predicted octanol–water partition coefficient (Wildman–Crippen LogP) is -1.30. The van der Waals surface area contributed by atoms with Gasteiger partial charge in [0.2, 0.25) is 11.8 Å². The summed E-state index contributed by atoms with van der Waals surface area (Å²) in [4.78, 5) is 24.8. The summed E-state index contributed by atoms with van der Waals surface area (Å²) in [5, 5.41) is 5.44. The number of likely N-dealkylation sites (tertiary alicyclic amines) is 1. The van der Waals surface area contributed by atoms with Crippen molar-refractivity contribution in [1.29, 1.82) is 0 Å². The van der Waals surface area contributed by atoms with Crippen LogP contribution in [0.2, 0.25) is 0 Å². The summed E-state index contributed by atoms with van der Waals surface area (Å²) in [5.41, 5.74) is -0.540. The number of amides is 2. The quantitative estimate of drug-likeness (QED) is 0.474. The van der Waals surface area contributed by atoms with E-state index in [0.29, 0.717) is 12.6 Å². The summed E-state index contributed by atoms with van der Waals surface area (Å²) in [6, 6.07) is 0.376. The van der Waals surface area contributed by atoms with Crippen LogP contribution in [0.15, 0.2) is 0 Å². The molecule has 2 rings (SSSR count). The standard InChI is InChI=1S/C9H15N3O2/c1-6-3-9(5-12(6)2)8(14)11-7(13)4-10-9/h6,10H,3-5H2,1-2H3,(H,11,13,14). The summed E-state index contributed by atoms with van der Waals surface area (Å²) < 4.78 is 0. The number of carbonyl (C=O) groups is 2. The zero-order valence-corrected chi connectivity index (χ0v) is 8.46. The van der Waals surface area contributed by atoms with E-state index in [9.17, 15) is 9.59 Å². The number of hydrogen-bond acceptors (Lipinski definition) is 4. The topological polar surface area (TPSA) is 61.4 Å². The van der Waals surface area contributed by atoms with Crippen molar-refractivity contribution in [3.63, 3.8) is 0 Å². The number of nitrogens with zero attached hydrogens (tertiary/aromatic N) is 1. The minimum absolute atomic E-state index is 0.176. The maximum absolute atomic E-state index is 11.7. The van der Waals surface area contributed by atoms with E-state index in [0.717, 1.165) is 6.42 Å². The summed E-state index contributed by atoms with van der Waals surface area (Å²) >= 11 is 0. The average molecular weight is 197 g/mol. The zero-order valence-electron chi connectivity index (χ0n) is 8.46. The number of imide groups is 1. The second kappa shape index (κ2) is 3.03. The zero-order chi connectivity index (χ0) is 10.3. The molecule has 2 heterocycles. The molecule has 2 fully saturated rings. The van der Waals surface area contributed by atoms with E-state index in [1.165, 1.54) is 0 Å². The Labute approximate surface area is 82.8 Å². The van der Waals surface area contributed by atoms with Crippen molar-refractivity contribution in [2.24, 2.45) is 0 Å². The van der Waals surface area contributed by atoms with Crippen LogP contribution in [0.1, 0.15) is 13.3 Å². The molecule has 1 spiro atoms. The van der Waals surface area contributed by atoms with Crippen LogP contribution in [0.4, 0.5) is 0 Å². The normalized spacial score (nSPS) is 39.1. The van der Waals surface area contributed by atoms with Gasteiger partial charge >= 0.3 is 0 Å². The van der Waals surface area contributed by atoms with Gasteiger partial charge in [0.05, 0.1) is 6.54 Å². The molecule has 0 aliphatic carbocycles. The molecule has 0 bridgehead atoms. The molecule has 2 N–H and O–H groups in total. The molecule has 0 aromatic rings. The van der Waals surface area contributed by atoms with Gasteiger partial charge in [-0.3, -0.25) is 20.2 Å². The molecule has 2 aliphatic heterocycles. The third-order valence-corrected chi connectivity index (χ3v) is 3.19. The fourth-order valence-electron chi connectivity index (χ4n) is 2.22. The smallest absolute Gasteiger partial charge is 0.248 e. The molecule has 2 amide bonds. The lowest BCUT2D eigenvalue weighted by Crippen LogP contribution is -2.66. The first-order chi connectivity index (χ1) is 6.53. The monoisotopic (exact) mass is 197 g/mol. The lowest BCUT2D eigenvalue weighted by atomic mass is 9.93. The summed E-state index contributed by atoms with van der Waals surface area (Å²) in [5.74, 6) is -0.409. The first-order valence-electron chi connectivity index (χ1n) is 4.83. The van der Waals surface area contributed by atoms with Gasteiger partial charge in [-0.05, 0) is 20.4 Å². The highest BCUT2D eigenvalue weighted by molar-refractivity contribution is 6.03. The molecular weight excluding hydrogens is 182 g/mol. The highest BCUT2D eigenvalue weighted by Gasteiger charge is 2.49. The van der Waals surface area contributed by atoms with Crippen LogP contribution in [-0.2, 0) is 9.59 Å². The van der Waals surface area contributed by atoms with Crippen molar-refractivity contribution in [2.75, 3.05) is 20.1 Å². The highest BCUT2D eigenvalue weighted by Crippen LogP contribution is 2.26. The van der Waals surface area contributed by atoms with Gasteiger partial charge in [0, 0.05) is 12.6 Å². The van der Waals surface area contributed by atoms with Crippen LogP contribution in [-0.4, -0.2) is 48.4 Å². The molecule has 5 heteroatoms. The molecule has 0 saturated carbocycles. The van der Waals surface area contributed by atoms with Gasteiger partial charge in [-0.2, -0.15) is 0 Å². The molecule has 0 aromatic heterocycles. The molecule has 2 unspecified atom stereocenters. The Hall–Kier alpha value is -0.940. The van der Waals surface area contributed by atoms with Crippen molar-refractivity contribution in [1.82, 2.24) is 15.5 Å². The first-order valence-corrected chi connectivity index (χ1v) is 4.83. The number of piperazine rings is 1.